The SMILES string of the molecule is CC/C=C(\C=C/C=C1CCC1)C(=N)/C(C)=C(/NC)Nc1ccccc1. The van der Waals surface area contributed by atoms with Crippen LogP contribution in [-0.4, -0.2) is 12.8 Å². The first kappa shape index (κ1) is 18.8. The minimum Gasteiger partial charge on any atom is -0.374 e. The minimum atomic E-state index is 0.540. The van der Waals surface area contributed by atoms with Crippen molar-refractivity contribution >= 4 is 11.4 Å². The van der Waals surface area contributed by atoms with Crippen LogP contribution in [0.25, 0.3) is 0 Å². The quantitative estimate of drug-likeness (QED) is 0.429. The second-order valence-corrected chi connectivity index (χ2v) is 6.22. The van der Waals surface area contributed by atoms with Crippen molar-refractivity contribution in [1.29, 1.82) is 5.41 Å². The first-order chi connectivity index (χ1) is 12.2. The molecule has 3 nitrogen and oxygen atoms in total. The van der Waals surface area contributed by atoms with Gasteiger partial charge in [0.1, 0.15) is 5.82 Å². The van der Waals surface area contributed by atoms with Crippen LogP contribution in [0, 0.1) is 5.41 Å². The van der Waals surface area contributed by atoms with Gasteiger partial charge in [0.2, 0.25) is 0 Å². The maximum atomic E-state index is 8.62. The summed E-state index contributed by atoms with van der Waals surface area (Å²) in [4.78, 5) is 0. The number of benzene rings is 1. The van der Waals surface area contributed by atoms with Crippen molar-refractivity contribution in [3.8, 4) is 0 Å². The number of hydrogen-bond donors (Lipinski definition) is 3. The van der Waals surface area contributed by atoms with Gasteiger partial charge in [-0.15, -0.1) is 0 Å². The second kappa shape index (κ2) is 9.67. The van der Waals surface area contributed by atoms with Crippen LogP contribution in [0.4, 0.5) is 5.69 Å². The van der Waals surface area contributed by atoms with E-state index >= 15 is 0 Å². The number of rotatable bonds is 8. The van der Waals surface area contributed by atoms with E-state index < -0.39 is 0 Å². The molecule has 0 saturated heterocycles. The van der Waals surface area contributed by atoms with Gasteiger partial charge in [0.25, 0.3) is 0 Å². The molecule has 1 aromatic rings. The summed E-state index contributed by atoms with van der Waals surface area (Å²) in [6, 6.07) is 10.0. The fraction of sp³-hybridized carbons (Fsp3) is 0.318. The van der Waals surface area contributed by atoms with E-state index in [9.17, 15) is 0 Å². The fourth-order valence-electron chi connectivity index (χ4n) is 2.66. The van der Waals surface area contributed by atoms with Gasteiger partial charge in [-0.1, -0.05) is 55.0 Å². The van der Waals surface area contributed by atoms with Crippen molar-refractivity contribution in [3.63, 3.8) is 0 Å². The van der Waals surface area contributed by atoms with Crippen LogP contribution in [0.1, 0.15) is 39.5 Å². The third-order valence-electron chi connectivity index (χ3n) is 4.36. The predicted octanol–water partition coefficient (Wildman–Crippen LogP) is 5.57. The lowest BCUT2D eigenvalue weighted by atomic mass is 9.92. The summed E-state index contributed by atoms with van der Waals surface area (Å²) < 4.78 is 0. The van der Waals surface area contributed by atoms with Crippen molar-refractivity contribution < 1.29 is 0 Å². The van der Waals surface area contributed by atoms with Gasteiger partial charge in [0, 0.05) is 18.3 Å². The Kier molecular flexibility index (Phi) is 7.27. The van der Waals surface area contributed by atoms with Crippen molar-refractivity contribution in [1.82, 2.24) is 5.32 Å². The largest absolute Gasteiger partial charge is 0.374 e. The molecule has 1 aromatic carbocycles. The van der Waals surface area contributed by atoms with Crippen LogP contribution < -0.4 is 10.6 Å². The lowest BCUT2D eigenvalue weighted by Crippen LogP contribution is -2.20. The molecule has 0 amide bonds. The highest BCUT2D eigenvalue weighted by molar-refractivity contribution is 6.12. The molecule has 0 radical (unpaired) electrons. The van der Waals surface area contributed by atoms with Crippen LogP contribution in [0.2, 0.25) is 0 Å². The van der Waals surface area contributed by atoms with Crippen molar-refractivity contribution in [2.45, 2.75) is 39.5 Å². The van der Waals surface area contributed by atoms with Gasteiger partial charge < -0.3 is 10.6 Å². The van der Waals surface area contributed by atoms with Crippen LogP contribution in [-0.2, 0) is 0 Å². The molecule has 2 rings (SSSR count). The first-order valence-electron chi connectivity index (χ1n) is 9.02. The van der Waals surface area contributed by atoms with E-state index in [-0.39, 0.29) is 0 Å². The molecular formula is C22H29N3. The van der Waals surface area contributed by atoms with Gasteiger partial charge in [0.15, 0.2) is 0 Å². The predicted molar refractivity (Wildman–Crippen MR) is 109 cm³/mol. The fourth-order valence-corrected chi connectivity index (χ4v) is 2.66. The highest BCUT2D eigenvalue weighted by atomic mass is 15.1. The van der Waals surface area contributed by atoms with Crippen molar-refractivity contribution in [2.75, 3.05) is 12.4 Å². The third kappa shape index (κ3) is 5.49. The van der Waals surface area contributed by atoms with E-state index in [0.717, 1.165) is 29.1 Å². The van der Waals surface area contributed by atoms with Gasteiger partial charge in [0.05, 0.1) is 5.71 Å². The number of anilines is 1. The summed E-state index contributed by atoms with van der Waals surface area (Å²) in [6.45, 7) is 4.08. The van der Waals surface area contributed by atoms with Gasteiger partial charge in [-0.05, 0) is 50.3 Å². The Labute approximate surface area is 151 Å². The molecule has 1 saturated carbocycles. The van der Waals surface area contributed by atoms with Crippen LogP contribution in [0.5, 0.6) is 0 Å². The summed E-state index contributed by atoms with van der Waals surface area (Å²) >= 11 is 0. The summed E-state index contributed by atoms with van der Waals surface area (Å²) in [6.07, 6.45) is 13.1. The molecule has 0 unspecified atom stereocenters. The van der Waals surface area contributed by atoms with Crippen LogP contribution in [0.3, 0.4) is 0 Å². The molecule has 0 aromatic heterocycles. The molecule has 1 fully saturated rings. The highest BCUT2D eigenvalue weighted by Gasteiger charge is 2.10. The van der Waals surface area contributed by atoms with Crippen LogP contribution >= 0.6 is 0 Å². The minimum absolute atomic E-state index is 0.540. The standard InChI is InChI=1S/C22H29N3/c1-4-10-19(14-9-13-18-11-8-12-18)21(23)17(2)22(24-3)25-20-15-6-5-7-16-20/h5-7,9-10,13-16,23-25H,4,8,11-12H2,1-3H3/b14-9-,19-10+,22-17-,23-21?. The average molecular weight is 335 g/mol. The summed E-state index contributed by atoms with van der Waals surface area (Å²) in [5, 5.41) is 15.2. The van der Waals surface area contributed by atoms with Crippen molar-refractivity contribution in [3.05, 3.63) is 77.2 Å². The van der Waals surface area contributed by atoms with Gasteiger partial charge in [-0.25, -0.2) is 0 Å². The zero-order chi connectivity index (χ0) is 18.1. The van der Waals surface area contributed by atoms with E-state index in [1.807, 2.05) is 44.3 Å². The monoisotopic (exact) mass is 335 g/mol. The van der Waals surface area contributed by atoms with Crippen LogP contribution in [0.15, 0.2) is 77.2 Å². The zero-order valence-electron chi connectivity index (χ0n) is 15.5. The first-order valence-corrected chi connectivity index (χ1v) is 9.02. The lowest BCUT2D eigenvalue weighted by molar-refractivity contribution is 0.663. The van der Waals surface area contributed by atoms with Crippen molar-refractivity contribution in [2.24, 2.45) is 0 Å². The lowest BCUT2D eigenvalue weighted by Gasteiger charge is -2.16. The topological polar surface area (TPSA) is 47.9 Å². The Bertz CT molecular complexity index is 700. The summed E-state index contributed by atoms with van der Waals surface area (Å²) in [7, 11) is 1.88. The number of allylic oxidation sites excluding steroid dienone is 7. The second-order valence-electron chi connectivity index (χ2n) is 6.22. The van der Waals surface area contributed by atoms with Gasteiger partial charge in [-0.3, -0.25) is 5.41 Å². The van der Waals surface area contributed by atoms with E-state index in [2.05, 4.69) is 41.9 Å². The molecule has 132 valence electrons. The maximum Gasteiger partial charge on any atom is 0.108 e. The summed E-state index contributed by atoms with van der Waals surface area (Å²) in [5.74, 6) is 0.851. The third-order valence-corrected chi connectivity index (χ3v) is 4.36. The molecule has 0 spiro atoms. The number of hydrogen-bond acceptors (Lipinski definition) is 3. The van der Waals surface area contributed by atoms with Gasteiger partial charge in [-0.2, -0.15) is 0 Å². The molecule has 3 heteroatoms. The van der Waals surface area contributed by atoms with E-state index in [1.165, 1.54) is 24.8 Å². The maximum absolute atomic E-state index is 8.62. The smallest absolute Gasteiger partial charge is 0.108 e. The number of para-hydroxylation sites is 1. The Morgan fingerprint density at radius 3 is 2.48 bits per heavy atom. The molecule has 3 N–H and O–H groups in total. The van der Waals surface area contributed by atoms with E-state index in [0.29, 0.717) is 5.71 Å². The molecule has 0 aliphatic heterocycles. The Morgan fingerprint density at radius 1 is 1.20 bits per heavy atom. The molecular weight excluding hydrogens is 306 g/mol. The summed E-state index contributed by atoms with van der Waals surface area (Å²) in [5.41, 5.74) is 4.90. The Hall–Kier alpha value is -2.55. The molecule has 1 aliphatic carbocycles. The molecule has 25 heavy (non-hydrogen) atoms. The Morgan fingerprint density at radius 2 is 1.92 bits per heavy atom. The molecule has 1 aliphatic rings. The molecule has 0 atom stereocenters. The van der Waals surface area contributed by atoms with E-state index in [1.54, 1.807) is 0 Å². The zero-order valence-corrected chi connectivity index (χ0v) is 15.5. The average Bonchev–Trinajstić information content (AvgIpc) is 2.60. The van der Waals surface area contributed by atoms with E-state index in [4.69, 9.17) is 5.41 Å². The number of nitrogens with one attached hydrogen (secondary N) is 3. The Balaban J connectivity index is 2.18. The highest BCUT2D eigenvalue weighted by Crippen LogP contribution is 2.25. The normalized spacial score (nSPS) is 15.5. The molecule has 0 heterocycles. The van der Waals surface area contributed by atoms with Gasteiger partial charge >= 0.3 is 0 Å². The molecule has 0 bridgehead atoms.